The van der Waals surface area contributed by atoms with Crippen LogP contribution < -0.4 is 14.8 Å². The first-order valence-corrected chi connectivity index (χ1v) is 8.92. The van der Waals surface area contributed by atoms with E-state index in [0.717, 1.165) is 37.8 Å². The van der Waals surface area contributed by atoms with E-state index in [1.165, 1.54) is 18.9 Å². The minimum Gasteiger partial charge on any atom is -0.490 e. The van der Waals surface area contributed by atoms with Crippen molar-refractivity contribution in [3.05, 3.63) is 23.8 Å². The summed E-state index contributed by atoms with van der Waals surface area (Å²) in [6.07, 6.45) is 2.82. The van der Waals surface area contributed by atoms with Gasteiger partial charge < -0.3 is 19.5 Å². The number of rotatable bonds is 9. The van der Waals surface area contributed by atoms with Crippen LogP contribution in [0.4, 0.5) is 8.78 Å². The summed E-state index contributed by atoms with van der Waals surface area (Å²) >= 11 is 0. The molecule has 1 unspecified atom stereocenters. The molecule has 1 aromatic carbocycles. The van der Waals surface area contributed by atoms with Gasteiger partial charge in [0.1, 0.15) is 0 Å². The third kappa shape index (κ3) is 5.52. The number of alkyl halides is 2. The van der Waals surface area contributed by atoms with Gasteiger partial charge in [-0.25, -0.2) is 0 Å². The first-order valence-electron chi connectivity index (χ1n) is 8.92. The Bertz CT molecular complexity index is 555. The Morgan fingerprint density at radius 3 is 2.88 bits per heavy atom. The number of hydrogen-bond donors (Lipinski definition) is 1. The summed E-state index contributed by atoms with van der Waals surface area (Å²) in [7, 11) is 0. The highest BCUT2D eigenvalue weighted by molar-refractivity contribution is 5.43. The van der Waals surface area contributed by atoms with Crippen LogP contribution in [0, 0.1) is 0 Å². The molecule has 140 valence electrons. The van der Waals surface area contributed by atoms with Crippen molar-refractivity contribution >= 4 is 0 Å². The molecule has 0 bridgehead atoms. The number of ether oxygens (including phenoxy) is 3. The van der Waals surface area contributed by atoms with Crippen molar-refractivity contribution in [2.24, 2.45) is 0 Å². The van der Waals surface area contributed by atoms with Crippen LogP contribution in [0.2, 0.25) is 0 Å². The lowest BCUT2D eigenvalue weighted by molar-refractivity contribution is -0.0514. The second-order valence-corrected chi connectivity index (χ2v) is 6.44. The second kappa shape index (κ2) is 8.78. The van der Waals surface area contributed by atoms with Crippen molar-refractivity contribution in [2.45, 2.75) is 45.1 Å². The first kappa shape index (κ1) is 18.4. The maximum atomic E-state index is 12.4. The van der Waals surface area contributed by atoms with E-state index in [9.17, 15) is 8.78 Å². The normalized spacial score (nSPS) is 21.5. The molecular formula is C18H26F2N2O3. The molecule has 1 aromatic rings. The fraction of sp³-hybridized carbons (Fsp3) is 0.667. The average Bonchev–Trinajstić information content (AvgIpc) is 3.42. The smallest absolute Gasteiger partial charge is 0.387 e. The zero-order valence-electron chi connectivity index (χ0n) is 14.5. The number of halogens is 2. The maximum Gasteiger partial charge on any atom is 0.387 e. The molecule has 7 heteroatoms. The molecule has 2 fully saturated rings. The lowest BCUT2D eigenvalue weighted by Crippen LogP contribution is -2.47. The van der Waals surface area contributed by atoms with E-state index in [1.807, 2.05) is 6.92 Å². The largest absolute Gasteiger partial charge is 0.490 e. The quantitative estimate of drug-likeness (QED) is 0.737. The summed E-state index contributed by atoms with van der Waals surface area (Å²) in [5.41, 5.74) is 0.958. The first-order chi connectivity index (χ1) is 12.2. The molecule has 1 aliphatic heterocycles. The molecule has 25 heavy (non-hydrogen) atoms. The Balaban J connectivity index is 1.49. The predicted octanol–water partition coefficient (Wildman–Crippen LogP) is 2.64. The second-order valence-electron chi connectivity index (χ2n) is 6.44. The van der Waals surface area contributed by atoms with Gasteiger partial charge in [-0.05, 0) is 37.5 Å². The fourth-order valence-electron chi connectivity index (χ4n) is 3.14. The van der Waals surface area contributed by atoms with Crippen molar-refractivity contribution in [1.82, 2.24) is 10.2 Å². The summed E-state index contributed by atoms with van der Waals surface area (Å²) in [5, 5.41) is 3.38. The van der Waals surface area contributed by atoms with Crippen LogP contribution in [0.3, 0.4) is 0 Å². The fourth-order valence-corrected chi connectivity index (χ4v) is 3.14. The van der Waals surface area contributed by atoms with E-state index in [0.29, 0.717) is 18.9 Å². The molecule has 1 saturated heterocycles. The highest BCUT2D eigenvalue weighted by Gasteiger charge is 2.32. The van der Waals surface area contributed by atoms with Crippen molar-refractivity contribution in [3.8, 4) is 11.5 Å². The van der Waals surface area contributed by atoms with Crippen LogP contribution in [-0.4, -0.2) is 56.5 Å². The summed E-state index contributed by atoms with van der Waals surface area (Å²) in [5.74, 6) is 0.409. The monoisotopic (exact) mass is 356 g/mol. The zero-order valence-corrected chi connectivity index (χ0v) is 14.5. The van der Waals surface area contributed by atoms with Crippen LogP contribution in [0.25, 0.3) is 0 Å². The van der Waals surface area contributed by atoms with E-state index in [2.05, 4.69) is 15.0 Å². The molecule has 1 aliphatic carbocycles. The van der Waals surface area contributed by atoms with Crippen LogP contribution in [0.5, 0.6) is 11.5 Å². The Hall–Kier alpha value is -1.44. The standard InChI is InChI=1S/C18H26F2N2O3/c1-2-23-17-9-13(3-6-16(17)25-18(19)20)10-21-11-15-12-22(7-8-24-15)14-4-5-14/h3,6,9,14-15,18,21H,2,4-5,7-8,10-12H2,1H3. The Morgan fingerprint density at radius 2 is 2.16 bits per heavy atom. The van der Waals surface area contributed by atoms with Gasteiger partial charge in [0, 0.05) is 32.2 Å². The summed E-state index contributed by atoms with van der Waals surface area (Å²) in [6.45, 7) is 3.53. The van der Waals surface area contributed by atoms with Gasteiger partial charge in [0.05, 0.1) is 19.3 Å². The molecule has 0 aromatic heterocycles. The number of nitrogens with one attached hydrogen (secondary N) is 1. The Labute approximate surface area is 147 Å². The lowest BCUT2D eigenvalue weighted by Gasteiger charge is -2.33. The molecule has 1 heterocycles. The molecule has 2 aliphatic rings. The van der Waals surface area contributed by atoms with E-state index >= 15 is 0 Å². The average molecular weight is 356 g/mol. The minimum atomic E-state index is -2.86. The van der Waals surface area contributed by atoms with Gasteiger partial charge in [-0.2, -0.15) is 8.78 Å². The van der Waals surface area contributed by atoms with Crippen LogP contribution in [0.1, 0.15) is 25.3 Å². The molecule has 1 saturated carbocycles. The minimum absolute atomic E-state index is 0.0660. The summed E-state index contributed by atoms with van der Waals surface area (Å²) in [4.78, 5) is 2.51. The van der Waals surface area contributed by atoms with Gasteiger partial charge >= 0.3 is 6.61 Å². The van der Waals surface area contributed by atoms with Gasteiger partial charge in [-0.1, -0.05) is 6.07 Å². The molecule has 0 amide bonds. The van der Waals surface area contributed by atoms with Gasteiger partial charge in [-0.15, -0.1) is 0 Å². The van der Waals surface area contributed by atoms with Crippen molar-refractivity contribution in [1.29, 1.82) is 0 Å². The van der Waals surface area contributed by atoms with Crippen molar-refractivity contribution in [2.75, 3.05) is 32.8 Å². The van der Waals surface area contributed by atoms with E-state index in [4.69, 9.17) is 9.47 Å². The zero-order chi connectivity index (χ0) is 17.6. The van der Waals surface area contributed by atoms with Crippen LogP contribution in [0.15, 0.2) is 18.2 Å². The van der Waals surface area contributed by atoms with Crippen molar-refractivity contribution in [3.63, 3.8) is 0 Å². The predicted molar refractivity (Wildman–Crippen MR) is 90.3 cm³/mol. The number of hydrogen-bond acceptors (Lipinski definition) is 5. The molecule has 1 N–H and O–H groups in total. The van der Waals surface area contributed by atoms with Gasteiger partial charge in [-0.3, -0.25) is 4.90 Å². The molecule has 5 nitrogen and oxygen atoms in total. The molecular weight excluding hydrogens is 330 g/mol. The number of benzene rings is 1. The Morgan fingerprint density at radius 1 is 1.32 bits per heavy atom. The molecule has 0 radical (unpaired) electrons. The van der Waals surface area contributed by atoms with Crippen molar-refractivity contribution < 1.29 is 23.0 Å². The van der Waals surface area contributed by atoms with Crippen LogP contribution in [-0.2, 0) is 11.3 Å². The SMILES string of the molecule is CCOc1cc(CNCC2CN(C3CC3)CCO2)ccc1OC(F)F. The Kier molecular flexibility index (Phi) is 6.45. The maximum absolute atomic E-state index is 12.4. The topological polar surface area (TPSA) is 43.0 Å². The molecule has 1 atom stereocenters. The van der Waals surface area contributed by atoms with Gasteiger partial charge in [0.15, 0.2) is 11.5 Å². The van der Waals surface area contributed by atoms with E-state index in [1.54, 1.807) is 12.1 Å². The summed E-state index contributed by atoms with van der Waals surface area (Å²) in [6, 6.07) is 5.81. The van der Waals surface area contributed by atoms with Gasteiger partial charge in [0.2, 0.25) is 0 Å². The van der Waals surface area contributed by atoms with E-state index < -0.39 is 6.61 Å². The number of morpholine rings is 1. The third-order valence-electron chi connectivity index (χ3n) is 4.46. The van der Waals surface area contributed by atoms with E-state index in [-0.39, 0.29) is 11.9 Å². The lowest BCUT2D eigenvalue weighted by atomic mass is 10.2. The highest BCUT2D eigenvalue weighted by Crippen LogP contribution is 2.30. The highest BCUT2D eigenvalue weighted by atomic mass is 19.3. The molecule has 3 rings (SSSR count). The van der Waals surface area contributed by atoms with Gasteiger partial charge in [0.25, 0.3) is 0 Å². The third-order valence-corrected chi connectivity index (χ3v) is 4.46. The van der Waals surface area contributed by atoms with Crippen LogP contribution >= 0.6 is 0 Å². The number of nitrogens with zero attached hydrogens (tertiary/aromatic N) is 1. The molecule has 0 spiro atoms. The summed E-state index contributed by atoms with van der Waals surface area (Å²) < 4.78 is 40.6.